The Balaban J connectivity index is 1.59. The summed E-state index contributed by atoms with van der Waals surface area (Å²) in [7, 11) is -4.05. The third-order valence-electron chi connectivity index (χ3n) is 6.70. The maximum Gasteiger partial charge on any atom is 0.322 e. The first kappa shape index (κ1) is 25.8. The third-order valence-corrected chi connectivity index (χ3v) is 8.56. The number of carboxylic acids is 1. The van der Waals surface area contributed by atoms with Crippen molar-refractivity contribution in [2.75, 3.05) is 32.8 Å². The number of ether oxygens (including phenoxy) is 1. The molecule has 4 aromatic rings. The molecule has 1 fully saturated rings. The molecule has 12 nitrogen and oxygen atoms in total. The molecule has 0 spiro atoms. The number of rotatable bonds is 8. The number of aromatic nitrogens is 4. The molecule has 1 unspecified atom stereocenters. The molecule has 2 aromatic heterocycles. The van der Waals surface area contributed by atoms with Gasteiger partial charge in [0.2, 0.25) is 10.0 Å². The number of aromatic amines is 2. The number of imidazole rings is 1. The van der Waals surface area contributed by atoms with E-state index in [1.54, 1.807) is 17.0 Å². The Morgan fingerprint density at radius 3 is 2.74 bits per heavy atom. The number of carbonyl (C=O) groups is 1. The summed E-state index contributed by atoms with van der Waals surface area (Å²) in [5.74, 6) is -0.548. The number of carboxylic acid groups (broad SMARTS) is 1. The van der Waals surface area contributed by atoms with Crippen LogP contribution in [0.5, 0.6) is 5.75 Å². The van der Waals surface area contributed by atoms with Crippen LogP contribution in [0.25, 0.3) is 33.3 Å². The van der Waals surface area contributed by atoms with Crippen LogP contribution in [0, 0.1) is 0 Å². The van der Waals surface area contributed by atoms with E-state index in [1.807, 2.05) is 13.8 Å². The first-order valence-corrected chi connectivity index (χ1v) is 13.8. The average Bonchev–Trinajstić information content (AvgIpc) is 3.37. The minimum absolute atomic E-state index is 0.0454. The molecule has 3 heterocycles. The fourth-order valence-electron chi connectivity index (χ4n) is 4.66. The number of H-pyrrole nitrogens is 2. The Labute approximate surface area is 218 Å². The molecule has 0 amide bonds. The Kier molecular flexibility index (Phi) is 6.90. The second-order valence-corrected chi connectivity index (χ2v) is 11.0. The van der Waals surface area contributed by atoms with Gasteiger partial charge in [-0.1, -0.05) is 13.8 Å². The molecular formula is C25H28N6O6S. The van der Waals surface area contributed by atoms with Crippen LogP contribution >= 0.6 is 0 Å². The molecule has 200 valence electrons. The Morgan fingerprint density at radius 1 is 1.18 bits per heavy atom. The summed E-state index contributed by atoms with van der Waals surface area (Å²) in [5, 5.41) is 10.0. The molecule has 38 heavy (non-hydrogen) atoms. The van der Waals surface area contributed by atoms with Gasteiger partial charge in [-0.2, -0.15) is 4.31 Å². The second kappa shape index (κ2) is 10.2. The summed E-state index contributed by atoms with van der Waals surface area (Å²) in [6.45, 7) is 4.97. The van der Waals surface area contributed by atoms with Gasteiger partial charge in [-0.25, -0.2) is 18.4 Å². The fraction of sp³-hybridized carbons (Fsp3) is 0.360. The molecule has 0 bridgehead atoms. The summed E-state index contributed by atoms with van der Waals surface area (Å²) in [5.41, 5.74) is 1.65. The predicted octanol–water partition coefficient (Wildman–Crippen LogP) is 2.03. The number of nitrogens with one attached hydrogen (secondary N) is 2. The van der Waals surface area contributed by atoms with E-state index in [4.69, 9.17) is 4.74 Å². The molecule has 2 aromatic carbocycles. The molecule has 0 aliphatic carbocycles. The lowest BCUT2D eigenvalue weighted by Gasteiger charge is -2.38. The van der Waals surface area contributed by atoms with E-state index in [-0.39, 0.29) is 23.8 Å². The first-order valence-electron chi connectivity index (χ1n) is 12.3. The smallest absolute Gasteiger partial charge is 0.322 e. The van der Waals surface area contributed by atoms with E-state index >= 15 is 0 Å². The molecule has 1 atom stereocenters. The van der Waals surface area contributed by atoms with Crippen molar-refractivity contribution in [1.29, 1.82) is 0 Å². The first-order chi connectivity index (χ1) is 18.2. The summed E-state index contributed by atoms with van der Waals surface area (Å²) in [4.78, 5) is 41.0. The molecule has 1 aliphatic heterocycles. The van der Waals surface area contributed by atoms with Gasteiger partial charge in [-0.05, 0) is 43.3 Å². The number of nitrogens with zero attached hydrogens (tertiary/aromatic N) is 4. The van der Waals surface area contributed by atoms with Crippen molar-refractivity contribution in [3.8, 4) is 17.1 Å². The van der Waals surface area contributed by atoms with Gasteiger partial charge in [-0.15, -0.1) is 0 Å². The van der Waals surface area contributed by atoms with Crippen LogP contribution in [-0.2, 0) is 14.8 Å². The van der Waals surface area contributed by atoms with E-state index in [2.05, 4.69) is 19.9 Å². The zero-order valence-corrected chi connectivity index (χ0v) is 21.8. The number of fused-ring (bicyclic) bond motifs is 2. The van der Waals surface area contributed by atoms with Crippen LogP contribution < -0.4 is 10.3 Å². The van der Waals surface area contributed by atoms with Gasteiger partial charge < -0.3 is 19.8 Å². The molecular weight excluding hydrogens is 512 g/mol. The van der Waals surface area contributed by atoms with Gasteiger partial charge in [0.15, 0.2) is 0 Å². The summed E-state index contributed by atoms with van der Waals surface area (Å²) >= 11 is 0. The van der Waals surface area contributed by atoms with E-state index in [0.717, 1.165) is 6.42 Å². The van der Waals surface area contributed by atoms with Gasteiger partial charge in [0, 0.05) is 19.6 Å². The Morgan fingerprint density at radius 2 is 2.00 bits per heavy atom. The van der Waals surface area contributed by atoms with E-state index < -0.39 is 27.6 Å². The lowest BCUT2D eigenvalue weighted by Crippen LogP contribution is -2.57. The van der Waals surface area contributed by atoms with Crippen molar-refractivity contribution in [3.63, 3.8) is 0 Å². The topological polar surface area (TPSA) is 162 Å². The summed E-state index contributed by atoms with van der Waals surface area (Å²) in [6, 6.07) is 6.80. The number of likely N-dealkylation sites (N-methyl/N-ethyl adjacent to an activating group) is 1. The second-order valence-electron chi connectivity index (χ2n) is 9.06. The number of hydrogen-bond donors (Lipinski definition) is 3. The molecule has 3 N–H and O–H groups in total. The Bertz CT molecular complexity index is 1680. The molecule has 0 radical (unpaired) electrons. The maximum atomic E-state index is 13.6. The number of aliphatic carboxylic acids is 1. The zero-order valence-electron chi connectivity index (χ0n) is 21.0. The maximum absolute atomic E-state index is 13.6. The van der Waals surface area contributed by atoms with Crippen LogP contribution in [0.15, 0.2) is 46.3 Å². The highest BCUT2D eigenvalue weighted by Gasteiger charge is 2.37. The quantitative estimate of drug-likeness (QED) is 0.304. The molecule has 13 heteroatoms. The van der Waals surface area contributed by atoms with Crippen molar-refractivity contribution in [1.82, 2.24) is 29.1 Å². The highest BCUT2D eigenvalue weighted by molar-refractivity contribution is 7.89. The van der Waals surface area contributed by atoms with Crippen LogP contribution in [-0.4, -0.2) is 87.5 Å². The number of sulfonamides is 1. The standard InChI is InChI=1S/C25H28N6O6S/c1-3-9-37-22-6-5-15(38(35,36)31-8-7-30(4-2)21(13-31)25(33)34)10-17(22)23-28-18-12-20-19(26-14-27-20)11-16(18)24(32)29-23/h5-6,10-12,14,21H,3-4,7-9,13H2,1-2H3,(H,26,27)(H,33,34)(H,28,29,32). The van der Waals surface area contributed by atoms with Crippen LogP contribution in [0.1, 0.15) is 20.3 Å². The summed E-state index contributed by atoms with van der Waals surface area (Å²) < 4.78 is 34.3. The molecule has 0 saturated carbocycles. The van der Waals surface area contributed by atoms with Gasteiger partial charge in [0.1, 0.15) is 17.6 Å². The van der Waals surface area contributed by atoms with Crippen molar-refractivity contribution in [3.05, 3.63) is 47.0 Å². The van der Waals surface area contributed by atoms with Crippen LogP contribution in [0.3, 0.4) is 0 Å². The molecule has 1 saturated heterocycles. The van der Waals surface area contributed by atoms with E-state index in [1.165, 1.54) is 28.8 Å². The van der Waals surface area contributed by atoms with Gasteiger partial charge in [-0.3, -0.25) is 14.5 Å². The lowest BCUT2D eigenvalue weighted by atomic mass is 10.1. The number of piperazine rings is 1. The lowest BCUT2D eigenvalue weighted by molar-refractivity contribution is -0.144. The van der Waals surface area contributed by atoms with Crippen LogP contribution in [0.4, 0.5) is 0 Å². The van der Waals surface area contributed by atoms with Gasteiger partial charge >= 0.3 is 5.97 Å². The largest absolute Gasteiger partial charge is 0.493 e. The Hall–Kier alpha value is -3.81. The van der Waals surface area contributed by atoms with Gasteiger partial charge in [0.05, 0.1) is 45.3 Å². The monoisotopic (exact) mass is 540 g/mol. The zero-order chi connectivity index (χ0) is 27.0. The van der Waals surface area contributed by atoms with Crippen molar-refractivity contribution >= 4 is 37.9 Å². The van der Waals surface area contributed by atoms with Crippen molar-refractivity contribution in [2.45, 2.75) is 31.2 Å². The van der Waals surface area contributed by atoms with E-state index in [0.29, 0.717) is 52.9 Å². The molecule has 1 aliphatic rings. The highest BCUT2D eigenvalue weighted by Crippen LogP contribution is 2.32. The minimum Gasteiger partial charge on any atom is -0.493 e. The van der Waals surface area contributed by atoms with Crippen molar-refractivity contribution in [2.24, 2.45) is 0 Å². The molecule has 5 rings (SSSR count). The highest BCUT2D eigenvalue weighted by atomic mass is 32.2. The van der Waals surface area contributed by atoms with E-state index in [9.17, 15) is 23.1 Å². The fourth-order valence-corrected chi connectivity index (χ4v) is 6.13. The average molecular weight is 541 g/mol. The third kappa shape index (κ3) is 4.64. The van der Waals surface area contributed by atoms with Crippen LogP contribution in [0.2, 0.25) is 0 Å². The summed E-state index contributed by atoms with van der Waals surface area (Å²) in [6.07, 6.45) is 2.25. The minimum atomic E-state index is -4.05. The number of hydrogen-bond acceptors (Lipinski definition) is 8. The van der Waals surface area contributed by atoms with Gasteiger partial charge in [0.25, 0.3) is 5.56 Å². The predicted molar refractivity (Wildman–Crippen MR) is 141 cm³/mol. The van der Waals surface area contributed by atoms with Crippen molar-refractivity contribution < 1.29 is 23.1 Å². The normalized spacial score (nSPS) is 17.3. The SMILES string of the molecule is CCCOc1ccc(S(=O)(=O)N2CCN(CC)C(C(=O)O)C2)cc1-c1nc2cc3nc[nH]c3cc2c(=O)[nH]1. The number of benzene rings is 2.